The first-order chi connectivity index (χ1) is 7.24. The molecule has 4 unspecified atom stereocenters. The molecule has 15 heavy (non-hydrogen) atoms. The van der Waals surface area contributed by atoms with E-state index in [0.29, 0.717) is 11.8 Å². The second-order valence-corrected chi connectivity index (χ2v) is 4.35. The van der Waals surface area contributed by atoms with Crippen molar-refractivity contribution in [1.82, 2.24) is 0 Å². The first-order valence-electron chi connectivity index (χ1n) is 5.50. The smallest absolute Gasteiger partial charge is 0.0833 e. The SMILES string of the molecule is COC(C)C(O)C1CC1c1ccccc1. The van der Waals surface area contributed by atoms with Crippen LogP contribution in [0.1, 0.15) is 24.8 Å². The van der Waals surface area contributed by atoms with Gasteiger partial charge in [-0.25, -0.2) is 0 Å². The molecule has 0 aromatic heterocycles. The number of aliphatic hydroxyl groups excluding tert-OH is 1. The zero-order valence-electron chi connectivity index (χ0n) is 9.26. The van der Waals surface area contributed by atoms with Crippen molar-refractivity contribution in [3.05, 3.63) is 35.9 Å². The van der Waals surface area contributed by atoms with Gasteiger partial charge < -0.3 is 9.84 Å². The molecule has 0 bridgehead atoms. The lowest BCUT2D eigenvalue weighted by molar-refractivity contribution is -0.0125. The molecule has 0 aliphatic heterocycles. The van der Waals surface area contributed by atoms with Crippen molar-refractivity contribution in [3.8, 4) is 0 Å². The van der Waals surface area contributed by atoms with Gasteiger partial charge in [0.2, 0.25) is 0 Å². The maximum Gasteiger partial charge on any atom is 0.0833 e. The molecule has 2 nitrogen and oxygen atoms in total. The lowest BCUT2D eigenvalue weighted by Crippen LogP contribution is -2.27. The van der Waals surface area contributed by atoms with Crippen molar-refractivity contribution >= 4 is 0 Å². The number of aliphatic hydroxyl groups is 1. The van der Waals surface area contributed by atoms with Crippen molar-refractivity contribution in [2.45, 2.75) is 31.5 Å². The molecule has 4 atom stereocenters. The Hall–Kier alpha value is -0.860. The fourth-order valence-corrected chi connectivity index (χ4v) is 2.16. The fourth-order valence-electron chi connectivity index (χ4n) is 2.16. The highest BCUT2D eigenvalue weighted by molar-refractivity contribution is 5.26. The summed E-state index contributed by atoms with van der Waals surface area (Å²) in [6.07, 6.45) is 0.683. The number of ether oxygens (including phenoxy) is 1. The molecule has 0 heterocycles. The third-order valence-corrected chi connectivity index (χ3v) is 3.36. The minimum Gasteiger partial charge on any atom is -0.390 e. The van der Waals surface area contributed by atoms with Crippen LogP contribution in [0.5, 0.6) is 0 Å². The predicted molar refractivity (Wildman–Crippen MR) is 59.8 cm³/mol. The van der Waals surface area contributed by atoms with Gasteiger partial charge in [-0.05, 0) is 30.7 Å². The van der Waals surface area contributed by atoms with Crippen molar-refractivity contribution in [3.63, 3.8) is 0 Å². The first-order valence-corrected chi connectivity index (χ1v) is 5.50. The molecule has 0 radical (unpaired) electrons. The van der Waals surface area contributed by atoms with E-state index >= 15 is 0 Å². The van der Waals surface area contributed by atoms with E-state index in [-0.39, 0.29) is 12.2 Å². The molecule has 0 spiro atoms. The highest BCUT2D eigenvalue weighted by Crippen LogP contribution is 2.50. The maximum atomic E-state index is 9.96. The van der Waals surface area contributed by atoms with Crippen molar-refractivity contribution in [2.24, 2.45) is 5.92 Å². The summed E-state index contributed by atoms with van der Waals surface area (Å²) in [5, 5.41) is 9.96. The second-order valence-electron chi connectivity index (χ2n) is 4.35. The van der Waals surface area contributed by atoms with Gasteiger partial charge in [-0.3, -0.25) is 0 Å². The molecule has 1 aromatic carbocycles. The van der Waals surface area contributed by atoms with Gasteiger partial charge in [-0.15, -0.1) is 0 Å². The third kappa shape index (κ3) is 2.21. The van der Waals surface area contributed by atoms with Crippen molar-refractivity contribution < 1.29 is 9.84 Å². The predicted octanol–water partition coefficient (Wildman–Crippen LogP) is 2.19. The largest absolute Gasteiger partial charge is 0.390 e. The molecule has 1 saturated carbocycles. The van der Waals surface area contributed by atoms with E-state index in [1.54, 1.807) is 7.11 Å². The molecule has 0 saturated heterocycles. The summed E-state index contributed by atoms with van der Waals surface area (Å²) in [5.74, 6) is 0.904. The zero-order chi connectivity index (χ0) is 10.8. The highest BCUT2D eigenvalue weighted by atomic mass is 16.5. The van der Waals surface area contributed by atoms with E-state index < -0.39 is 0 Å². The van der Waals surface area contributed by atoms with Gasteiger partial charge in [0.1, 0.15) is 0 Å². The topological polar surface area (TPSA) is 29.5 Å². The molecule has 0 amide bonds. The number of methoxy groups -OCH3 is 1. The monoisotopic (exact) mass is 206 g/mol. The van der Waals surface area contributed by atoms with E-state index in [1.165, 1.54) is 5.56 Å². The lowest BCUT2D eigenvalue weighted by Gasteiger charge is -2.17. The molecule has 1 aliphatic rings. The van der Waals surface area contributed by atoms with Gasteiger partial charge in [0.15, 0.2) is 0 Å². The average molecular weight is 206 g/mol. The molecular formula is C13H18O2. The first kappa shape index (κ1) is 10.7. The Morgan fingerprint density at radius 3 is 2.60 bits per heavy atom. The van der Waals surface area contributed by atoms with Crippen LogP contribution in [0.25, 0.3) is 0 Å². The minimum absolute atomic E-state index is 0.0660. The summed E-state index contributed by atoms with van der Waals surface area (Å²) in [6, 6.07) is 10.4. The molecule has 82 valence electrons. The standard InChI is InChI=1S/C13H18O2/c1-9(15-2)13(14)12-8-11(12)10-6-4-3-5-7-10/h3-7,9,11-14H,8H2,1-2H3. The van der Waals surface area contributed by atoms with E-state index in [9.17, 15) is 5.11 Å². The fraction of sp³-hybridized carbons (Fsp3) is 0.538. The Morgan fingerprint density at radius 2 is 2.00 bits per heavy atom. The van der Waals surface area contributed by atoms with Crippen LogP contribution in [0, 0.1) is 5.92 Å². The van der Waals surface area contributed by atoms with Gasteiger partial charge >= 0.3 is 0 Å². The molecule has 1 N–H and O–H groups in total. The van der Waals surface area contributed by atoms with Crippen LogP contribution in [0.15, 0.2) is 30.3 Å². The summed E-state index contributed by atoms with van der Waals surface area (Å²) in [7, 11) is 1.65. The summed E-state index contributed by atoms with van der Waals surface area (Å²) in [4.78, 5) is 0. The lowest BCUT2D eigenvalue weighted by atomic mass is 10.0. The van der Waals surface area contributed by atoms with Crippen LogP contribution in [0.2, 0.25) is 0 Å². The van der Waals surface area contributed by atoms with Crippen LogP contribution in [0.4, 0.5) is 0 Å². The van der Waals surface area contributed by atoms with Crippen LogP contribution in [0.3, 0.4) is 0 Å². The number of hydrogen-bond donors (Lipinski definition) is 1. The number of benzene rings is 1. The van der Waals surface area contributed by atoms with Crippen molar-refractivity contribution in [1.29, 1.82) is 0 Å². The molecule has 2 rings (SSSR count). The van der Waals surface area contributed by atoms with Crippen LogP contribution >= 0.6 is 0 Å². The molecular weight excluding hydrogens is 188 g/mol. The Bertz CT molecular complexity index is 310. The maximum absolute atomic E-state index is 9.96. The van der Waals surface area contributed by atoms with Crippen LogP contribution in [-0.2, 0) is 4.74 Å². The van der Waals surface area contributed by atoms with E-state index in [4.69, 9.17) is 4.74 Å². The van der Waals surface area contributed by atoms with E-state index in [0.717, 1.165) is 6.42 Å². The van der Waals surface area contributed by atoms with Gasteiger partial charge in [0.25, 0.3) is 0 Å². The Kier molecular flexibility index (Phi) is 3.08. The van der Waals surface area contributed by atoms with Gasteiger partial charge in [-0.1, -0.05) is 30.3 Å². The van der Waals surface area contributed by atoms with Crippen LogP contribution in [-0.4, -0.2) is 24.4 Å². The molecule has 1 fully saturated rings. The quantitative estimate of drug-likeness (QED) is 0.818. The Balaban J connectivity index is 1.96. The zero-order valence-corrected chi connectivity index (χ0v) is 9.26. The van der Waals surface area contributed by atoms with Crippen LogP contribution < -0.4 is 0 Å². The van der Waals surface area contributed by atoms with Gasteiger partial charge in [0, 0.05) is 7.11 Å². The summed E-state index contributed by atoms with van der Waals surface area (Å²) in [6.45, 7) is 1.92. The third-order valence-electron chi connectivity index (χ3n) is 3.36. The normalized spacial score (nSPS) is 28.5. The highest BCUT2D eigenvalue weighted by Gasteiger charge is 2.45. The minimum atomic E-state index is -0.333. The summed E-state index contributed by atoms with van der Waals surface area (Å²) < 4.78 is 5.15. The Morgan fingerprint density at radius 1 is 1.33 bits per heavy atom. The Labute approximate surface area is 90.9 Å². The second kappa shape index (κ2) is 4.33. The molecule has 1 aliphatic carbocycles. The van der Waals surface area contributed by atoms with E-state index in [1.807, 2.05) is 13.0 Å². The van der Waals surface area contributed by atoms with E-state index in [2.05, 4.69) is 24.3 Å². The van der Waals surface area contributed by atoms with Crippen molar-refractivity contribution in [2.75, 3.05) is 7.11 Å². The summed E-state index contributed by atoms with van der Waals surface area (Å²) in [5.41, 5.74) is 1.34. The van der Waals surface area contributed by atoms with Gasteiger partial charge in [0.05, 0.1) is 12.2 Å². The molecule has 2 heteroatoms. The number of hydrogen-bond acceptors (Lipinski definition) is 2. The summed E-state index contributed by atoms with van der Waals surface area (Å²) >= 11 is 0. The van der Waals surface area contributed by atoms with Gasteiger partial charge in [-0.2, -0.15) is 0 Å². The molecule has 1 aromatic rings. The average Bonchev–Trinajstić information content (AvgIpc) is 3.08. The number of rotatable bonds is 4.